The molecule has 0 aliphatic carbocycles. The van der Waals surface area contributed by atoms with Crippen molar-refractivity contribution in [2.75, 3.05) is 25.0 Å². The molecular formula is C19H23BrN4O3. The Balaban J connectivity index is 1.62. The van der Waals surface area contributed by atoms with Gasteiger partial charge in [0.25, 0.3) is 0 Å². The van der Waals surface area contributed by atoms with E-state index in [1.54, 1.807) is 17.3 Å². The molecular weight excluding hydrogens is 412 g/mol. The van der Waals surface area contributed by atoms with Crippen LogP contribution < -0.4 is 4.90 Å². The number of pyridine rings is 1. The fourth-order valence-corrected chi connectivity index (χ4v) is 4.60. The van der Waals surface area contributed by atoms with Gasteiger partial charge >= 0.3 is 6.09 Å². The van der Waals surface area contributed by atoms with E-state index in [9.17, 15) is 9.59 Å². The predicted octanol–water partition coefficient (Wildman–Crippen LogP) is 3.73. The number of hydrogen-bond donors (Lipinski definition) is 1. The summed E-state index contributed by atoms with van der Waals surface area (Å²) in [6.07, 6.45) is 4.38. The molecule has 1 fully saturated rings. The third-order valence-corrected chi connectivity index (χ3v) is 6.15. The van der Waals surface area contributed by atoms with Gasteiger partial charge in [0.15, 0.2) is 5.78 Å². The minimum Gasteiger partial charge on any atom is -0.444 e. The molecule has 4 heterocycles. The number of fused-ring (bicyclic) bond motifs is 3. The van der Waals surface area contributed by atoms with Gasteiger partial charge in [0.05, 0.1) is 17.4 Å². The van der Waals surface area contributed by atoms with Crippen molar-refractivity contribution >= 4 is 44.5 Å². The van der Waals surface area contributed by atoms with Crippen LogP contribution in [0.2, 0.25) is 0 Å². The molecule has 4 rings (SSSR count). The number of aromatic amines is 1. The molecule has 1 N–H and O–H groups in total. The predicted molar refractivity (Wildman–Crippen MR) is 106 cm³/mol. The number of ether oxygens (including phenoxy) is 1. The maximum atomic E-state index is 13.5. The van der Waals surface area contributed by atoms with Crippen LogP contribution in [-0.2, 0) is 4.74 Å². The maximum absolute atomic E-state index is 13.5. The van der Waals surface area contributed by atoms with Gasteiger partial charge in [-0.2, -0.15) is 0 Å². The van der Waals surface area contributed by atoms with E-state index in [2.05, 4.69) is 25.9 Å². The maximum Gasteiger partial charge on any atom is 0.410 e. The van der Waals surface area contributed by atoms with E-state index in [0.717, 1.165) is 15.5 Å². The lowest BCUT2D eigenvalue weighted by molar-refractivity contribution is 0.0168. The highest BCUT2D eigenvalue weighted by molar-refractivity contribution is 9.10. The first-order valence-electron chi connectivity index (χ1n) is 9.06. The molecule has 144 valence electrons. The Labute approximate surface area is 166 Å². The number of Topliss-reactive ketones (excluding diaryl/α,β-unsaturated/α-hetero) is 1. The number of hydrogen-bond acceptors (Lipinski definition) is 5. The number of nitrogens with zero attached hydrogens (tertiary/aromatic N) is 3. The minimum absolute atomic E-state index is 0.108. The zero-order valence-electron chi connectivity index (χ0n) is 15.9. The van der Waals surface area contributed by atoms with Gasteiger partial charge in [-0.1, -0.05) is 0 Å². The number of likely N-dealkylation sites (N-methyl/N-ethyl adjacent to an activating group) is 1. The number of anilines is 1. The first-order chi connectivity index (χ1) is 12.6. The van der Waals surface area contributed by atoms with Crippen molar-refractivity contribution in [1.29, 1.82) is 0 Å². The number of piperidine rings is 1. The van der Waals surface area contributed by atoms with Crippen LogP contribution in [0, 0.1) is 0 Å². The molecule has 1 amide bonds. The van der Waals surface area contributed by atoms with E-state index in [-0.39, 0.29) is 11.9 Å². The summed E-state index contributed by atoms with van der Waals surface area (Å²) in [6.45, 7) is 6.55. The molecule has 27 heavy (non-hydrogen) atoms. The average molecular weight is 435 g/mol. The van der Waals surface area contributed by atoms with Crippen LogP contribution >= 0.6 is 15.9 Å². The topological polar surface area (TPSA) is 78.5 Å². The second-order valence-corrected chi connectivity index (χ2v) is 9.12. The summed E-state index contributed by atoms with van der Waals surface area (Å²) in [7, 11) is 1.95. The first-order valence-corrected chi connectivity index (χ1v) is 9.85. The molecule has 7 nitrogen and oxygen atoms in total. The van der Waals surface area contributed by atoms with Crippen LogP contribution in [-0.4, -0.2) is 58.0 Å². The molecule has 2 aliphatic rings. The van der Waals surface area contributed by atoms with Crippen LogP contribution in [0.5, 0.6) is 0 Å². The highest BCUT2D eigenvalue weighted by Gasteiger charge is 2.52. The molecule has 2 aliphatic heterocycles. The van der Waals surface area contributed by atoms with Gasteiger partial charge in [-0.15, -0.1) is 0 Å². The Morgan fingerprint density at radius 1 is 1.33 bits per heavy atom. The average Bonchev–Trinajstić information content (AvgIpc) is 3.07. The van der Waals surface area contributed by atoms with E-state index in [1.165, 1.54) is 0 Å². The van der Waals surface area contributed by atoms with E-state index in [0.29, 0.717) is 37.1 Å². The second kappa shape index (κ2) is 5.95. The van der Waals surface area contributed by atoms with Gasteiger partial charge in [-0.3, -0.25) is 4.79 Å². The highest BCUT2D eigenvalue weighted by Crippen LogP contribution is 2.46. The van der Waals surface area contributed by atoms with Crippen LogP contribution in [0.15, 0.2) is 16.9 Å². The molecule has 0 saturated carbocycles. The number of ketones is 1. The van der Waals surface area contributed by atoms with Crippen LogP contribution in [0.1, 0.15) is 44.0 Å². The molecule has 0 bridgehead atoms. The summed E-state index contributed by atoms with van der Waals surface area (Å²) in [4.78, 5) is 37.2. The van der Waals surface area contributed by atoms with Crippen molar-refractivity contribution in [3.05, 3.63) is 22.4 Å². The van der Waals surface area contributed by atoms with Crippen molar-refractivity contribution in [3.8, 4) is 0 Å². The molecule has 0 atom stereocenters. The molecule has 2 aromatic heterocycles. The monoisotopic (exact) mass is 434 g/mol. The van der Waals surface area contributed by atoms with Crippen LogP contribution in [0.3, 0.4) is 0 Å². The smallest absolute Gasteiger partial charge is 0.410 e. The molecule has 1 spiro atoms. The lowest BCUT2D eigenvalue weighted by atomic mass is 9.82. The number of likely N-dealkylation sites (tertiary alicyclic amines) is 1. The summed E-state index contributed by atoms with van der Waals surface area (Å²) in [6, 6.07) is 0. The molecule has 0 aromatic carbocycles. The SMILES string of the molecule is CN1c2cnc3[nH]cc(Br)c3c2C(=O)C12CCN(C(=O)OC(C)(C)C)CC2. The Morgan fingerprint density at radius 2 is 2.00 bits per heavy atom. The Bertz CT molecular complexity index is 938. The number of halogens is 1. The zero-order chi connectivity index (χ0) is 19.6. The Kier molecular flexibility index (Phi) is 4.03. The molecule has 1 saturated heterocycles. The second-order valence-electron chi connectivity index (χ2n) is 8.27. The Morgan fingerprint density at radius 3 is 2.63 bits per heavy atom. The van der Waals surface area contributed by atoms with Gasteiger partial charge in [0.1, 0.15) is 16.8 Å². The Hall–Kier alpha value is -2.09. The van der Waals surface area contributed by atoms with Crippen molar-refractivity contribution in [2.45, 2.75) is 44.8 Å². The van der Waals surface area contributed by atoms with Crippen molar-refractivity contribution in [2.24, 2.45) is 0 Å². The van der Waals surface area contributed by atoms with E-state index >= 15 is 0 Å². The normalized spacial score (nSPS) is 19.1. The van der Waals surface area contributed by atoms with Crippen LogP contribution in [0.25, 0.3) is 11.0 Å². The third-order valence-electron chi connectivity index (χ3n) is 5.53. The number of H-pyrrole nitrogens is 1. The number of amides is 1. The summed E-state index contributed by atoms with van der Waals surface area (Å²) >= 11 is 3.53. The number of rotatable bonds is 0. The molecule has 0 unspecified atom stereocenters. The summed E-state index contributed by atoms with van der Waals surface area (Å²) < 4.78 is 6.31. The standard InChI is InChI=1S/C19H23BrN4O3/c1-18(2,3)27-17(26)24-7-5-19(6-8-24)15(25)14-12(23(19)4)10-22-16-13(14)11(20)9-21-16/h9-10H,5-8H2,1-4H3,(H,21,22). The fraction of sp³-hybridized carbons (Fsp3) is 0.526. The fourth-order valence-electron chi connectivity index (χ4n) is 4.10. The lowest BCUT2D eigenvalue weighted by Crippen LogP contribution is -2.57. The summed E-state index contributed by atoms with van der Waals surface area (Å²) in [5.74, 6) is 0.108. The van der Waals surface area contributed by atoms with Crippen molar-refractivity contribution < 1.29 is 14.3 Å². The van der Waals surface area contributed by atoms with Crippen molar-refractivity contribution in [1.82, 2.24) is 14.9 Å². The molecule has 8 heteroatoms. The van der Waals surface area contributed by atoms with Gasteiger partial charge in [-0.25, -0.2) is 9.78 Å². The van der Waals surface area contributed by atoms with Gasteiger partial charge < -0.3 is 19.5 Å². The van der Waals surface area contributed by atoms with E-state index < -0.39 is 11.1 Å². The molecule has 0 radical (unpaired) electrons. The van der Waals surface area contributed by atoms with Gasteiger partial charge in [-0.05, 0) is 49.5 Å². The number of aromatic nitrogens is 2. The van der Waals surface area contributed by atoms with E-state index in [4.69, 9.17) is 4.74 Å². The zero-order valence-corrected chi connectivity index (χ0v) is 17.5. The summed E-state index contributed by atoms with van der Waals surface area (Å²) in [5, 5.41) is 0.829. The summed E-state index contributed by atoms with van der Waals surface area (Å²) in [5.41, 5.74) is 1.10. The number of carbonyl (C=O) groups is 2. The molecule has 2 aromatic rings. The largest absolute Gasteiger partial charge is 0.444 e. The van der Waals surface area contributed by atoms with Crippen molar-refractivity contribution in [3.63, 3.8) is 0 Å². The van der Waals surface area contributed by atoms with Gasteiger partial charge in [0.2, 0.25) is 0 Å². The van der Waals surface area contributed by atoms with Crippen LogP contribution in [0.4, 0.5) is 10.5 Å². The minimum atomic E-state index is -0.631. The lowest BCUT2D eigenvalue weighted by Gasteiger charge is -2.43. The third kappa shape index (κ3) is 2.72. The van der Waals surface area contributed by atoms with E-state index in [1.807, 2.05) is 32.7 Å². The number of carbonyl (C=O) groups excluding carboxylic acids is 2. The quantitative estimate of drug-likeness (QED) is 0.683. The first kappa shape index (κ1) is 18.3. The highest BCUT2D eigenvalue weighted by atomic mass is 79.9. The number of nitrogens with one attached hydrogen (secondary N) is 1. The van der Waals surface area contributed by atoms with Gasteiger partial charge in [0, 0.05) is 36.2 Å².